The highest BCUT2D eigenvalue weighted by Crippen LogP contribution is 2.30. The summed E-state index contributed by atoms with van der Waals surface area (Å²) in [4.78, 5) is 26.3. The van der Waals surface area contributed by atoms with Gasteiger partial charge in [0.1, 0.15) is 6.33 Å². The Morgan fingerprint density at radius 2 is 2.14 bits per heavy atom. The lowest BCUT2D eigenvalue weighted by Gasteiger charge is -2.32. The van der Waals surface area contributed by atoms with Crippen molar-refractivity contribution in [3.63, 3.8) is 0 Å². The first kappa shape index (κ1) is 18.1. The third-order valence-corrected chi connectivity index (χ3v) is 4.97. The van der Waals surface area contributed by atoms with Crippen LogP contribution in [0.5, 0.6) is 0 Å². The van der Waals surface area contributed by atoms with E-state index in [1.54, 1.807) is 36.5 Å². The van der Waals surface area contributed by atoms with Gasteiger partial charge in [0.25, 0.3) is 0 Å². The predicted octanol–water partition coefficient (Wildman–Crippen LogP) is 3.08. The summed E-state index contributed by atoms with van der Waals surface area (Å²) < 4.78 is 1.58. The number of carbonyl (C=O) groups is 1. The first-order valence-electron chi connectivity index (χ1n) is 9.40. The molecule has 8 nitrogen and oxygen atoms in total. The van der Waals surface area contributed by atoms with Gasteiger partial charge in [0.05, 0.1) is 6.20 Å². The normalized spacial score (nSPS) is 16.8. The van der Waals surface area contributed by atoms with Crippen LogP contribution >= 0.6 is 0 Å². The Morgan fingerprint density at radius 1 is 1.25 bits per heavy atom. The lowest BCUT2D eigenvalue weighted by molar-refractivity contribution is -0.130. The zero-order chi connectivity index (χ0) is 19.5. The summed E-state index contributed by atoms with van der Waals surface area (Å²) in [5, 5.41) is 7.70. The zero-order valence-electron chi connectivity index (χ0n) is 16.0. The second kappa shape index (κ2) is 7.75. The van der Waals surface area contributed by atoms with E-state index in [4.69, 9.17) is 0 Å². The minimum Gasteiger partial charge on any atom is -0.342 e. The van der Waals surface area contributed by atoms with E-state index in [0.717, 1.165) is 37.2 Å². The van der Waals surface area contributed by atoms with Crippen LogP contribution in [0.3, 0.4) is 0 Å². The number of hydrogen-bond donors (Lipinski definition) is 1. The topological polar surface area (TPSA) is 88.8 Å². The highest BCUT2D eigenvalue weighted by Gasteiger charge is 2.23. The molecular weight excluding hydrogens is 354 g/mol. The van der Waals surface area contributed by atoms with Gasteiger partial charge in [-0.2, -0.15) is 9.67 Å². The second-order valence-electron chi connectivity index (χ2n) is 7.14. The number of amides is 1. The van der Waals surface area contributed by atoms with Gasteiger partial charge in [0, 0.05) is 45.4 Å². The molecule has 28 heavy (non-hydrogen) atoms. The van der Waals surface area contributed by atoms with E-state index in [9.17, 15) is 4.79 Å². The fourth-order valence-corrected chi connectivity index (χ4v) is 3.63. The van der Waals surface area contributed by atoms with Gasteiger partial charge in [-0.3, -0.25) is 9.78 Å². The average molecular weight is 379 g/mol. The summed E-state index contributed by atoms with van der Waals surface area (Å²) in [5.74, 6) is 1.60. The number of hydrogen-bond acceptors (Lipinski definition) is 6. The third-order valence-electron chi connectivity index (χ3n) is 4.97. The fourth-order valence-electron chi connectivity index (χ4n) is 3.63. The molecule has 0 bridgehead atoms. The van der Waals surface area contributed by atoms with Crippen molar-refractivity contribution in [3.8, 4) is 5.82 Å². The molecule has 1 fully saturated rings. The van der Waals surface area contributed by atoms with E-state index >= 15 is 0 Å². The Bertz CT molecular complexity index is 976. The van der Waals surface area contributed by atoms with Crippen LogP contribution in [0.2, 0.25) is 0 Å². The van der Waals surface area contributed by atoms with E-state index < -0.39 is 0 Å². The summed E-state index contributed by atoms with van der Waals surface area (Å²) in [6.45, 7) is 5.35. The number of aromatic nitrogens is 5. The molecule has 0 radical (unpaired) electrons. The van der Waals surface area contributed by atoms with Gasteiger partial charge >= 0.3 is 0 Å². The molecule has 0 saturated carbocycles. The highest BCUT2D eigenvalue weighted by atomic mass is 16.2. The van der Waals surface area contributed by atoms with Crippen molar-refractivity contribution in [1.82, 2.24) is 29.6 Å². The van der Waals surface area contributed by atoms with Crippen molar-refractivity contribution in [1.29, 1.82) is 0 Å². The average Bonchev–Trinajstić information content (AvgIpc) is 3.17. The molecule has 1 atom stereocenters. The Labute approximate surface area is 165 Å². The van der Waals surface area contributed by atoms with Crippen LogP contribution in [0.4, 0.5) is 11.6 Å². The van der Waals surface area contributed by atoms with Crippen LogP contribution in [0.1, 0.15) is 38.2 Å². The molecule has 0 aliphatic carbocycles. The molecule has 0 spiro atoms. The molecule has 3 aromatic rings. The van der Waals surface area contributed by atoms with Gasteiger partial charge in [0.2, 0.25) is 11.9 Å². The minimum atomic E-state index is 0. The molecule has 1 aliphatic heterocycles. The maximum absolute atomic E-state index is 11.8. The molecule has 4 rings (SSSR count). The lowest BCUT2D eigenvalue weighted by atomic mass is 9.89. The highest BCUT2D eigenvalue weighted by molar-refractivity contribution is 5.73. The van der Waals surface area contributed by atoms with E-state index in [2.05, 4.69) is 50.5 Å². The summed E-state index contributed by atoms with van der Waals surface area (Å²) in [7, 11) is 0. The zero-order valence-corrected chi connectivity index (χ0v) is 16.0. The molecule has 146 valence electrons. The Kier molecular flexibility index (Phi) is 5.01. The fraction of sp³-hybridized carbons (Fsp3) is 0.350. The van der Waals surface area contributed by atoms with Gasteiger partial charge in [-0.05, 0) is 43.0 Å². The number of likely N-dealkylation sites (tertiary alicyclic amines) is 1. The molecular formula is C20H25N7O. The molecule has 1 saturated heterocycles. The predicted molar refractivity (Wildman–Crippen MR) is 108 cm³/mol. The number of rotatable bonds is 4. The summed E-state index contributed by atoms with van der Waals surface area (Å²) in [6.07, 6.45) is 8.59. The van der Waals surface area contributed by atoms with Crippen molar-refractivity contribution < 1.29 is 6.22 Å². The van der Waals surface area contributed by atoms with E-state index in [1.807, 2.05) is 4.90 Å². The number of nitrogens with zero attached hydrogens (tertiary/aromatic N) is 6. The molecule has 1 amide bonds. The van der Waals surface area contributed by atoms with Crippen molar-refractivity contribution in [2.45, 2.75) is 32.6 Å². The summed E-state index contributed by atoms with van der Waals surface area (Å²) in [5.41, 5.74) is 3.34. The minimum absolute atomic E-state index is 0. The van der Waals surface area contributed by atoms with Crippen LogP contribution < -0.4 is 5.32 Å². The van der Waals surface area contributed by atoms with Crippen LogP contribution in [-0.4, -0.2) is 48.6 Å². The van der Waals surface area contributed by atoms with Crippen molar-refractivity contribution in [3.05, 3.63) is 54.2 Å². The molecule has 1 aromatic carbocycles. The van der Waals surface area contributed by atoms with Crippen LogP contribution in [-0.2, 0) is 4.79 Å². The summed E-state index contributed by atoms with van der Waals surface area (Å²) in [6, 6.07) is 6.40. The van der Waals surface area contributed by atoms with Crippen molar-refractivity contribution >= 4 is 17.5 Å². The quantitative estimate of drug-likeness (QED) is 0.749. The molecule has 1 aliphatic rings. The number of benzene rings is 1. The summed E-state index contributed by atoms with van der Waals surface area (Å²) >= 11 is 0. The van der Waals surface area contributed by atoms with Crippen molar-refractivity contribution in [2.75, 3.05) is 18.4 Å². The maximum Gasteiger partial charge on any atom is 0.247 e. The molecule has 8 heteroatoms. The third kappa shape index (κ3) is 4.00. The standard InChI is InChI=1S/C20H23N7O.H2/c1-14-8-17(16-4-3-7-26(12-16)15(2)28)10-18(9-14)24-20-23-13-27(25-20)19-11-21-5-6-22-19;/h5-6,8-11,13,16H,3-4,7,12H2,1-2H3,(H,24,25);1H. The monoisotopic (exact) mass is 379 g/mol. The Balaban J connectivity index is 0.00000240. The van der Waals surface area contributed by atoms with Crippen molar-refractivity contribution in [2.24, 2.45) is 0 Å². The number of piperidine rings is 1. The number of nitrogens with one attached hydrogen (secondary N) is 1. The first-order valence-corrected chi connectivity index (χ1v) is 9.40. The van der Waals surface area contributed by atoms with Gasteiger partial charge in [-0.1, -0.05) is 6.07 Å². The first-order chi connectivity index (χ1) is 13.6. The molecule has 1 unspecified atom stereocenters. The largest absolute Gasteiger partial charge is 0.342 e. The van der Waals surface area contributed by atoms with Crippen LogP contribution in [0, 0.1) is 6.92 Å². The van der Waals surface area contributed by atoms with E-state index in [1.165, 1.54) is 5.56 Å². The van der Waals surface area contributed by atoms with Gasteiger partial charge in [-0.25, -0.2) is 4.98 Å². The smallest absolute Gasteiger partial charge is 0.247 e. The Hall–Kier alpha value is -3.29. The molecule has 3 heterocycles. The Morgan fingerprint density at radius 3 is 2.93 bits per heavy atom. The SMILES string of the molecule is CC(=O)N1CCCC(c2cc(C)cc(Nc3ncn(-c4cnccn4)n3)c2)C1.[HH]. The van der Waals surface area contributed by atoms with E-state index in [0.29, 0.717) is 17.7 Å². The van der Waals surface area contributed by atoms with Crippen LogP contribution in [0.25, 0.3) is 5.82 Å². The van der Waals surface area contributed by atoms with E-state index in [-0.39, 0.29) is 7.33 Å². The van der Waals surface area contributed by atoms with Gasteiger partial charge in [-0.15, -0.1) is 5.10 Å². The second-order valence-corrected chi connectivity index (χ2v) is 7.14. The lowest BCUT2D eigenvalue weighted by Crippen LogP contribution is -2.37. The van der Waals surface area contributed by atoms with Gasteiger partial charge < -0.3 is 10.2 Å². The molecule has 2 aromatic heterocycles. The number of aryl methyl sites for hydroxylation is 1. The number of carbonyl (C=O) groups excluding carboxylic acids is 1. The maximum atomic E-state index is 11.8. The molecule has 1 N–H and O–H groups in total. The van der Waals surface area contributed by atoms with Crippen LogP contribution in [0.15, 0.2) is 43.1 Å². The number of anilines is 2. The van der Waals surface area contributed by atoms with Gasteiger partial charge in [0.15, 0.2) is 5.82 Å².